The maximum Gasteiger partial charge on any atom is 0.137 e. The van der Waals surface area contributed by atoms with Gasteiger partial charge in [0.05, 0.1) is 33.5 Å². The van der Waals surface area contributed by atoms with Crippen LogP contribution in [0.15, 0.2) is 146 Å². The van der Waals surface area contributed by atoms with E-state index in [4.69, 9.17) is 15.0 Å². The first kappa shape index (κ1) is 24.3. The van der Waals surface area contributed by atoms with Crippen molar-refractivity contribution in [2.45, 2.75) is 0 Å². The van der Waals surface area contributed by atoms with Crippen LogP contribution in [0.3, 0.4) is 0 Å². The fourth-order valence-corrected chi connectivity index (χ4v) is 7.01. The molecule has 7 aromatic carbocycles. The SMILES string of the molecule is c1ccc2cc(-c3nc4ccc5ccccc5c4nc3-c3ccc4c(c3)c3ccccc3c3nc5ccccn5c43)ccc2c1. The normalized spacial score (nSPS) is 12.0. The Bertz CT molecular complexity index is 2830. The van der Waals surface area contributed by atoms with Crippen molar-refractivity contribution in [2.24, 2.45) is 0 Å². The van der Waals surface area contributed by atoms with Crippen molar-refractivity contribution >= 4 is 70.8 Å². The standard InChI is InChI=1S/C41H24N4/c1-2-11-27-23-28(17-16-25(27)9-1)37-38(44-39-30-12-4-3-10-26(30)19-21-35(39)42-37)29-18-20-33-34(24-29)31-13-5-6-14-32(31)40-41(33)45-22-8-7-15-36(45)43-40/h1-24H. The molecule has 0 atom stereocenters. The minimum Gasteiger partial charge on any atom is -0.299 e. The van der Waals surface area contributed by atoms with Crippen molar-refractivity contribution in [3.63, 3.8) is 0 Å². The molecule has 3 aromatic heterocycles. The third-order valence-electron chi connectivity index (χ3n) is 9.13. The second kappa shape index (κ2) is 9.18. The lowest BCUT2D eigenvalue weighted by Gasteiger charge is -2.14. The molecule has 4 heteroatoms. The molecule has 4 nitrogen and oxygen atoms in total. The van der Waals surface area contributed by atoms with Gasteiger partial charge in [-0.15, -0.1) is 0 Å². The molecule has 0 aliphatic heterocycles. The van der Waals surface area contributed by atoms with Crippen molar-refractivity contribution in [2.75, 3.05) is 0 Å². The van der Waals surface area contributed by atoms with E-state index in [2.05, 4.69) is 144 Å². The number of aromatic nitrogens is 4. The van der Waals surface area contributed by atoms with E-state index in [1.807, 2.05) is 6.07 Å². The van der Waals surface area contributed by atoms with Gasteiger partial charge in [-0.3, -0.25) is 4.40 Å². The monoisotopic (exact) mass is 572 g/mol. The Kier molecular flexibility index (Phi) is 4.96. The summed E-state index contributed by atoms with van der Waals surface area (Å²) < 4.78 is 2.20. The van der Waals surface area contributed by atoms with Crippen molar-refractivity contribution in [3.8, 4) is 22.5 Å². The van der Waals surface area contributed by atoms with Gasteiger partial charge < -0.3 is 0 Å². The smallest absolute Gasteiger partial charge is 0.137 e. The molecule has 10 rings (SSSR count). The summed E-state index contributed by atoms with van der Waals surface area (Å²) in [4.78, 5) is 15.8. The molecule has 0 N–H and O–H groups in total. The average molecular weight is 573 g/mol. The van der Waals surface area contributed by atoms with Gasteiger partial charge >= 0.3 is 0 Å². The highest BCUT2D eigenvalue weighted by atomic mass is 15.0. The van der Waals surface area contributed by atoms with Crippen molar-refractivity contribution in [3.05, 3.63) is 146 Å². The molecule has 0 saturated heterocycles. The Labute approximate surface area is 257 Å². The fourth-order valence-electron chi connectivity index (χ4n) is 7.01. The number of hydrogen-bond acceptors (Lipinski definition) is 3. The lowest BCUT2D eigenvalue weighted by atomic mass is 9.95. The zero-order chi connectivity index (χ0) is 29.5. The largest absolute Gasteiger partial charge is 0.299 e. The van der Waals surface area contributed by atoms with Crippen molar-refractivity contribution in [1.82, 2.24) is 19.4 Å². The number of fused-ring (bicyclic) bond motifs is 12. The predicted molar refractivity (Wildman–Crippen MR) is 187 cm³/mol. The van der Waals surface area contributed by atoms with Gasteiger partial charge in [0.1, 0.15) is 5.65 Å². The van der Waals surface area contributed by atoms with Crippen LogP contribution in [0.1, 0.15) is 0 Å². The quantitative estimate of drug-likeness (QED) is 0.194. The highest BCUT2D eigenvalue weighted by Gasteiger charge is 2.19. The number of hydrogen-bond donors (Lipinski definition) is 0. The Balaban J connectivity index is 1.32. The Morgan fingerprint density at radius 3 is 2.00 bits per heavy atom. The van der Waals surface area contributed by atoms with E-state index in [0.29, 0.717) is 0 Å². The second-order valence-corrected chi connectivity index (χ2v) is 11.7. The van der Waals surface area contributed by atoms with Crippen LogP contribution in [0, 0.1) is 0 Å². The molecule has 0 aliphatic carbocycles. The molecular formula is C41H24N4. The Hall–Kier alpha value is -6.13. The fraction of sp³-hybridized carbons (Fsp3) is 0. The summed E-state index contributed by atoms with van der Waals surface area (Å²) >= 11 is 0. The zero-order valence-corrected chi connectivity index (χ0v) is 24.1. The summed E-state index contributed by atoms with van der Waals surface area (Å²) in [5.74, 6) is 0. The molecular weight excluding hydrogens is 548 g/mol. The number of nitrogens with zero attached hydrogens (tertiary/aromatic N) is 4. The number of rotatable bonds is 2. The summed E-state index contributed by atoms with van der Waals surface area (Å²) in [7, 11) is 0. The molecule has 3 heterocycles. The van der Waals surface area contributed by atoms with E-state index < -0.39 is 0 Å². The van der Waals surface area contributed by atoms with Crippen LogP contribution in [0.5, 0.6) is 0 Å². The van der Waals surface area contributed by atoms with Gasteiger partial charge in [-0.05, 0) is 57.3 Å². The van der Waals surface area contributed by atoms with Crippen LogP contribution in [0.4, 0.5) is 0 Å². The first-order chi connectivity index (χ1) is 22.3. The van der Waals surface area contributed by atoms with E-state index in [1.165, 1.54) is 21.5 Å². The molecule has 45 heavy (non-hydrogen) atoms. The minimum absolute atomic E-state index is 0.873. The van der Waals surface area contributed by atoms with E-state index in [0.717, 1.165) is 71.8 Å². The summed E-state index contributed by atoms with van der Waals surface area (Å²) in [5, 5.41) is 9.30. The highest BCUT2D eigenvalue weighted by molar-refractivity contribution is 6.24. The topological polar surface area (TPSA) is 43.1 Å². The predicted octanol–water partition coefficient (Wildman–Crippen LogP) is 10.4. The lowest BCUT2D eigenvalue weighted by Crippen LogP contribution is -1.97. The summed E-state index contributed by atoms with van der Waals surface area (Å²) in [5.41, 5.74) is 8.72. The first-order valence-corrected chi connectivity index (χ1v) is 15.2. The van der Waals surface area contributed by atoms with E-state index in [-0.39, 0.29) is 0 Å². The van der Waals surface area contributed by atoms with Gasteiger partial charge in [0, 0.05) is 33.5 Å². The van der Waals surface area contributed by atoms with Gasteiger partial charge in [-0.2, -0.15) is 0 Å². The van der Waals surface area contributed by atoms with E-state index in [9.17, 15) is 0 Å². The molecule has 0 amide bonds. The van der Waals surface area contributed by atoms with E-state index >= 15 is 0 Å². The third-order valence-corrected chi connectivity index (χ3v) is 9.13. The maximum atomic E-state index is 5.44. The van der Waals surface area contributed by atoms with Crippen LogP contribution >= 0.6 is 0 Å². The second-order valence-electron chi connectivity index (χ2n) is 11.7. The minimum atomic E-state index is 0.873. The summed E-state index contributed by atoms with van der Waals surface area (Å²) in [6.07, 6.45) is 2.10. The zero-order valence-electron chi connectivity index (χ0n) is 24.1. The van der Waals surface area contributed by atoms with Crippen LogP contribution in [0.2, 0.25) is 0 Å². The van der Waals surface area contributed by atoms with Gasteiger partial charge in [0.15, 0.2) is 0 Å². The number of pyridine rings is 1. The number of imidazole rings is 1. The number of benzene rings is 7. The van der Waals surface area contributed by atoms with Gasteiger partial charge in [0.2, 0.25) is 0 Å². The third kappa shape index (κ3) is 3.57. The lowest BCUT2D eigenvalue weighted by molar-refractivity contribution is 1.23. The van der Waals surface area contributed by atoms with Gasteiger partial charge in [-0.25, -0.2) is 15.0 Å². The molecule has 0 bridgehead atoms. The maximum absolute atomic E-state index is 5.44. The average Bonchev–Trinajstić information content (AvgIpc) is 3.51. The molecule has 0 saturated carbocycles. The summed E-state index contributed by atoms with van der Waals surface area (Å²) in [6, 6.07) is 49.2. The van der Waals surface area contributed by atoms with E-state index in [1.54, 1.807) is 0 Å². The van der Waals surface area contributed by atoms with Gasteiger partial charge in [0.25, 0.3) is 0 Å². The van der Waals surface area contributed by atoms with Crippen molar-refractivity contribution in [1.29, 1.82) is 0 Å². The van der Waals surface area contributed by atoms with Crippen LogP contribution in [-0.4, -0.2) is 19.4 Å². The highest BCUT2D eigenvalue weighted by Crippen LogP contribution is 2.40. The van der Waals surface area contributed by atoms with Crippen LogP contribution in [-0.2, 0) is 0 Å². The molecule has 0 aliphatic rings. The van der Waals surface area contributed by atoms with Crippen LogP contribution < -0.4 is 0 Å². The van der Waals surface area contributed by atoms with Gasteiger partial charge in [-0.1, -0.05) is 109 Å². The molecule has 0 radical (unpaired) electrons. The first-order valence-electron chi connectivity index (χ1n) is 15.2. The molecule has 208 valence electrons. The summed E-state index contributed by atoms with van der Waals surface area (Å²) in [6.45, 7) is 0. The molecule has 0 fully saturated rings. The molecule has 0 spiro atoms. The van der Waals surface area contributed by atoms with Crippen molar-refractivity contribution < 1.29 is 0 Å². The molecule has 0 unspecified atom stereocenters. The molecule has 10 aromatic rings. The Morgan fingerprint density at radius 1 is 0.400 bits per heavy atom. The Morgan fingerprint density at radius 2 is 1.09 bits per heavy atom. The van der Waals surface area contributed by atoms with Crippen LogP contribution in [0.25, 0.3) is 93.3 Å².